The number of likely N-dealkylation sites (tertiary alicyclic amines) is 1. The Morgan fingerprint density at radius 1 is 1.00 bits per heavy atom. The quantitative estimate of drug-likeness (QED) is 0.454. The minimum Gasteiger partial charge on any atom is -0.305 e. The number of alkyl halides is 3. The Hall–Kier alpha value is -2.70. The zero-order chi connectivity index (χ0) is 21.3. The van der Waals surface area contributed by atoms with Crippen molar-refractivity contribution in [3.8, 4) is 0 Å². The Kier molecular flexibility index (Phi) is 5.62. The summed E-state index contributed by atoms with van der Waals surface area (Å²) >= 11 is 0. The van der Waals surface area contributed by atoms with Gasteiger partial charge in [0.15, 0.2) is 5.78 Å². The first kappa shape index (κ1) is 20.6. The molecule has 1 aliphatic heterocycles. The van der Waals surface area contributed by atoms with Crippen molar-refractivity contribution in [2.45, 2.75) is 37.8 Å². The summed E-state index contributed by atoms with van der Waals surface area (Å²) in [5.41, 5.74) is 1.30. The number of rotatable bonds is 5. The minimum atomic E-state index is -4.56. The van der Waals surface area contributed by atoms with Gasteiger partial charge in [0.25, 0.3) is 0 Å². The van der Waals surface area contributed by atoms with Crippen LogP contribution in [0.2, 0.25) is 0 Å². The molecule has 3 aromatic rings. The molecule has 1 N–H and O–H groups in total. The average Bonchev–Trinajstić information content (AvgIpc) is 3.17. The molecule has 1 heterocycles. The highest BCUT2D eigenvalue weighted by molar-refractivity contribution is 6.00. The number of carbonyl (C=O) groups excluding carboxylic acids is 1. The van der Waals surface area contributed by atoms with E-state index in [1.165, 1.54) is 0 Å². The van der Waals surface area contributed by atoms with Gasteiger partial charge in [-0.25, -0.2) is 4.90 Å². The van der Waals surface area contributed by atoms with Crippen LogP contribution in [-0.4, -0.2) is 35.6 Å². The van der Waals surface area contributed by atoms with Crippen LogP contribution in [0, 0.1) is 0 Å². The largest absolute Gasteiger partial charge is 0.460 e. The van der Waals surface area contributed by atoms with Crippen LogP contribution in [-0.2, 0) is 0 Å². The highest BCUT2D eigenvalue weighted by atomic mass is 19.4. The number of nitrogens with zero attached hydrogens (tertiary/aromatic N) is 1. The number of ketones is 1. The molecule has 3 nitrogen and oxygen atoms in total. The van der Waals surface area contributed by atoms with E-state index in [1.807, 2.05) is 49.4 Å². The Bertz CT molecular complexity index is 1030. The van der Waals surface area contributed by atoms with E-state index in [0.29, 0.717) is 10.5 Å². The van der Waals surface area contributed by atoms with Crippen molar-refractivity contribution in [1.82, 2.24) is 10.2 Å². The predicted octanol–water partition coefficient (Wildman–Crippen LogP) is 5.34. The van der Waals surface area contributed by atoms with Crippen molar-refractivity contribution in [2.24, 2.45) is 0 Å². The Morgan fingerprint density at radius 3 is 2.40 bits per heavy atom. The van der Waals surface area contributed by atoms with Crippen LogP contribution < -0.4 is 5.32 Å². The molecule has 0 aliphatic carbocycles. The summed E-state index contributed by atoms with van der Waals surface area (Å²) in [5, 5.41) is 5.45. The normalized spacial score (nSPS) is 21.1. The van der Waals surface area contributed by atoms with E-state index < -0.39 is 24.2 Å². The molecule has 0 saturated carbocycles. The van der Waals surface area contributed by atoms with Crippen LogP contribution in [0.5, 0.6) is 0 Å². The Morgan fingerprint density at radius 2 is 1.67 bits per heavy atom. The van der Waals surface area contributed by atoms with Gasteiger partial charge in [0.05, 0.1) is 6.04 Å². The third-order valence-corrected chi connectivity index (χ3v) is 5.80. The van der Waals surface area contributed by atoms with Gasteiger partial charge in [-0.1, -0.05) is 72.8 Å². The standard InChI is InChI=1S/C24H23F3N2O/c1-16(19-13-7-11-17-8-5-6-12-20(17)19)28-21-14-15-29(24(25,26)27)22(21)23(30)18-9-3-2-4-10-18/h2-13,16,21-22,28H,14-15H2,1H3/t16-,21?,22?/m1/s1. The first-order valence-corrected chi connectivity index (χ1v) is 10.0. The molecule has 0 radical (unpaired) electrons. The van der Waals surface area contributed by atoms with Crippen molar-refractivity contribution in [3.63, 3.8) is 0 Å². The fourth-order valence-corrected chi connectivity index (χ4v) is 4.39. The molecular formula is C24H23F3N2O. The van der Waals surface area contributed by atoms with Gasteiger partial charge in [-0.2, -0.15) is 13.2 Å². The first-order valence-electron chi connectivity index (χ1n) is 10.0. The van der Waals surface area contributed by atoms with Crippen molar-refractivity contribution in [2.75, 3.05) is 6.54 Å². The molecule has 0 amide bonds. The fourth-order valence-electron chi connectivity index (χ4n) is 4.39. The maximum Gasteiger partial charge on any atom is 0.460 e. The van der Waals surface area contributed by atoms with Crippen LogP contribution in [0.15, 0.2) is 72.8 Å². The summed E-state index contributed by atoms with van der Waals surface area (Å²) in [7, 11) is 0. The molecule has 1 aliphatic rings. The van der Waals surface area contributed by atoms with E-state index in [-0.39, 0.29) is 19.0 Å². The second-order valence-electron chi connectivity index (χ2n) is 7.69. The molecular weight excluding hydrogens is 389 g/mol. The number of halogens is 3. The van der Waals surface area contributed by atoms with E-state index in [0.717, 1.165) is 16.3 Å². The zero-order valence-electron chi connectivity index (χ0n) is 16.6. The maximum absolute atomic E-state index is 13.7. The molecule has 0 bridgehead atoms. The molecule has 0 spiro atoms. The highest BCUT2D eigenvalue weighted by Gasteiger charge is 2.51. The number of fused-ring (bicyclic) bond motifs is 1. The monoisotopic (exact) mass is 412 g/mol. The summed E-state index contributed by atoms with van der Waals surface area (Å²) < 4.78 is 41.0. The molecule has 3 atom stereocenters. The summed E-state index contributed by atoms with van der Waals surface area (Å²) in [5.74, 6) is -0.506. The molecule has 2 unspecified atom stereocenters. The lowest BCUT2D eigenvalue weighted by Crippen LogP contribution is -2.52. The smallest absolute Gasteiger partial charge is 0.305 e. The SMILES string of the molecule is C[C@@H](NC1CCN(C(F)(F)F)C1C(=O)c1ccccc1)c1cccc2ccccc12. The zero-order valence-corrected chi connectivity index (χ0v) is 16.6. The number of hydrogen-bond acceptors (Lipinski definition) is 3. The van der Waals surface area contributed by atoms with Gasteiger partial charge in [0, 0.05) is 24.2 Å². The summed E-state index contributed by atoms with van der Waals surface area (Å²) in [6.45, 7) is 1.73. The Balaban J connectivity index is 1.64. The van der Waals surface area contributed by atoms with Gasteiger partial charge < -0.3 is 5.32 Å². The number of Topliss-reactive ketones (excluding diaryl/α,β-unsaturated/α-hetero) is 1. The van der Waals surface area contributed by atoms with Gasteiger partial charge in [0.1, 0.15) is 0 Å². The third-order valence-electron chi connectivity index (χ3n) is 5.80. The summed E-state index contributed by atoms with van der Waals surface area (Å²) in [4.78, 5) is 13.4. The topological polar surface area (TPSA) is 32.3 Å². The average molecular weight is 412 g/mol. The molecule has 4 rings (SSSR count). The van der Waals surface area contributed by atoms with Gasteiger partial charge in [0.2, 0.25) is 0 Å². The lowest BCUT2D eigenvalue weighted by Gasteiger charge is -2.30. The second kappa shape index (κ2) is 8.20. The number of carbonyl (C=O) groups is 1. The third kappa shape index (κ3) is 3.98. The molecule has 1 fully saturated rings. The van der Waals surface area contributed by atoms with E-state index >= 15 is 0 Å². The van der Waals surface area contributed by atoms with Gasteiger partial charge >= 0.3 is 6.30 Å². The lowest BCUT2D eigenvalue weighted by atomic mass is 9.95. The molecule has 1 saturated heterocycles. The van der Waals surface area contributed by atoms with E-state index in [4.69, 9.17) is 0 Å². The number of benzene rings is 3. The molecule has 6 heteroatoms. The van der Waals surface area contributed by atoms with Crippen LogP contribution in [0.4, 0.5) is 13.2 Å². The van der Waals surface area contributed by atoms with Crippen molar-refractivity contribution in [1.29, 1.82) is 0 Å². The maximum atomic E-state index is 13.7. The summed E-state index contributed by atoms with van der Waals surface area (Å²) in [6.07, 6.45) is -4.31. The second-order valence-corrected chi connectivity index (χ2v) is 7.69. The number of hydrogen-bond donors (Lipinski definition) is 1. The van der Waals surface area contributed by atoms with E-state index in [2.05, 4.69) is 5.32 Å². The van der Waals surface area contributed by atoms with Crippen LogP contribution >= 0.6 is 0 Å². The van der Waals surface area contributed by atoms with E-state index in [1.54, 1.807) is 30.3 Å². The predicted molar refractivity (Wildman–Crippen MR) is 111 cm³/mol. The first-order chi connectivity index (χ1) is 14.4. The van der Waals surface area contributed by atoms with E-state index in [9.17, 15) is 18.0 Å². The van der Waals surface area contributed by atoms with Gasteiger partial charge in [-0.15, -0.1) is 0 Å². The van der Waals surface area contributed by atoms with Crippen LogP contribution in [0.25, 0.3) is 10.8 Å². The summed E-state index contributed by atoms with van der Waals surface area (Å²) in [6, 6.07) is 20.0. The van der Waals surface area contributed by atoms with Crippen LogP contribution in [0.1, 0.15) is 35.3 Å². The minimum absolute atomic E-state index is 0.202. The van der Waals surface area contributed by atoms with Gasteiger partial charge in [-0.05, 0) is 29.7 Å². The van der Waals surface area contributed by atoms with Crippen molar-refractivity contribution in [3.05, 3.63) is 83.9 Å². The molecule has 3 aromatic carbocycles. The van der Waals surface area contributed by atoms with Crippen LogP contribution in [0.3, 0.4) is 0 Å². The van der Waals surface area contributed by atoms with Gasteiger partial charge in [-0.3, -0.25) is 4.79 Å². The lowest BCUT2D eigenvalue weighted by molar-refractivity contribution is -0.246. The molecule has 156 valence electrons. The fraction of sp³-hybridized carbons (Fsp3) is 0.292. The highest BCUT2D eigenvalue weighted by Crippen LogP contribution is 2.34. The Labute approximate surface area is 173 Å². The van der Waals surface area contributed by atoms with Crippen molar-refractivity contribution >= 4 is 16.6 Å². The van der Waals surface area contributed by atoms with Crippen molar-refractivity contribution < 1.29 is 18.0 Å². The molecule has 30 heavy (non-hydrogen) atoms. The molecule has 0 aromatic heterocycles. The number of nitrogens with one attached hydrogen (secondary N) is 1.